The van der Waals surface area contributed by atoms with Gasteiger partial charge in [0.15, 0.2) is 0 Å². The summed E-state index contributed by atoms with van der Waals surface area (Å²) in [4.78, 5) is 8.84. The highest BCUT2D eigenvalue weighted by Crippen LogP contribution is 2.71. The highest BCUT2D eigenvalue weighted by Gasteiger charge is 2.62. The molecule has 0 bridgehead atoms. The molecule has 22 rings (SSSR count). The Balaban J connectivity index is 0.000000118. The molecule has 14 aromatic carbocycles. The lowest BCUT2D eigenvalue weighted by atomic mass is 9.51. The second-order valence-electron chi connectivity index (χ2n) is 27.8. The van der Waals surface area contributed by atoms with E-state index in [4.69, 9.17) is 21.6 Å². The van der Waals surface area contributed by atoms with Crippen molar-refractivity contribution in [2.45, 2.75) is 21.7 Å². The third-order valence-electron chi connectivity index (χ3n) is 23.2. The summed E-state index contributed by atoms with van der Waals surface area (Å²) in [5, 5.41) is 18.7. The van der Waals surface area contributed by atoms with E-state index in [1.54, 1.807) is 18.3 Å². The van der Waals surface area contributed by atoms with E-state index in [9.17, 15) is 0 Å². The van der Waals surface area contributed by atoms with E-state index in [1.807, 2.05) is 42.6 Å². The number of pyridine rings is 2. The zero-order chi connectivity index (χ0) is 69.3. The predicted octanol–water partition coefficient (Wildman–Crippen LogP) is 21.3. The van der Waals surface area contributed by atoms with Crippen LogP contribution in [0.15, 0.2) is 376 Å². The van der Waals surface area contributed by atoms with Gasteiger partial charge in [0.05, 0.1) is 33.0 Å². The Morgan fingerprint density at radius 1 is 0.212 bits per heavy atom. The molecule has 0 atom stereocenters. The Morgan fingerprint density at radius 2 is 0.462 bits per heavy atom. The van der Waals surface area contributed by atoms with E-state index in [2.05, 4.69) is 325 Å². The van der Waals surface area contributed by atoms with Gasteiger partial charge in [-0.2, -0.15) is 0 Å². The third-order valence-corrected chi connectivity index (χ3v) is 23.6. The maximum Gasteiger partial charge on any atom is 0.488 e. The van der Waals surface area contributed by atoms with Crippen LogP contribution in [0.5, 0.6) is 0 Å². The normalized spacial score (nSPS) is 14.4. The van der Waals surface area contributed by atoms with Gasteiger partial charge in [-0.1, -0.05) is 345 Å². The molecule has 0 unspecified atom stereocenters. The van der Waals surface area contributed by atoms with Gasteiger partial charge in [-0.05, 0) is 180 Å². The molecule has 0 fully saturated rings. The lowest BCUT2D eigenvalue weighted by Gasteiger charge is -2.49. The molecule has 0 saturated carbocycles. The highest BCUT2D eigenvalue weighted by molar-refractivity contribution is 6.58. The SMILES string of the molecule is Clc1cccc2c1C1(c3ccccc3-c3ccccc31)c1ccccc1C21c2ccccc2-c2ccccc21.OB(O)c1ccc(-c2ccccn2)cc1.c1ccc(-c2ccc(-c3cccc4c3C3(c5ccccc5-c5ccccc53)c3ccccc3C43c4ccccc4-c4ccccc43)cc2)nc1. The Kier molecular flexibility index (Phi) is 14.1. The number of rotatable bonds is 4. The summed E-state index contributed by atoms with van der Waals surface area (Å²) in [7, 11) is -1.41. The summed E-state index contributed by atoms with van der Waals surface area (Å²) in [6.07, 6.45) is 3.59. The summed E-state index contributed by atoms with van der Waals surface area (Å²) in [5.41, 5.74) is 36.6. The number of fused-ring (bicyclic) bond motifs is 32. The molecule has 6 heteroatoms. The number of hydrogen-bond acceptors (Lipinski definition) is 4. The Morgan fingerprint density at radius 3 is 0.798 bits per heavy atom. The first-order valence-corrected chi connectivity index (χ1v) is 36.1. The number of hydrogen-bond donors (Lipinski definition) is 2. The first-order valence-electron chi connectivity index (χ1n) is 35.7. The molecule has 0 radical (unpaired) electrons. The van der Waals surface area contributed by atoms with E-state index < -0.39 is 28.8 Å². The van der Waals surface area contributed by atoms with Crippen molar-refractivity contribution in [1.29, 1.82) is 0 Å². The van der Waals surface area contributed by atoms with E-state index in [-0.39, 0.29) is 0 Å². The van der Waals surface area contributed by atoms with E-state index in [0.29, 0.717) is 5.46 Å². The van der Waals surface area contributed by atoms with Crippen LogP contribution in [0.1, 0.15) is 89.0 Å². The van der Waals surface area contributed by atoms with Crippen molar-refractivity contribution >= 4 is 24.2 Å². The first kappa shape index (κ1) is 61.5. The standard InChI is InChI=1S/C49H31N.C38H23Cl.C11H10BNO2/c1-5-19-39-35(14-1)36-15-2-6-20-40(36)48(39)43-23-9-10-24-44(43)49(41-21-7-3-16-37(41)38-17-4-8-22-42(38)49)47-34(18-13-25-45(47)48)32-27-29-33(30-28-32)46-26-11-12-31-50-46;39-35-23-11-22-34-36(35)38(30-18-7-3-14-26(30)27-15-4-8-19-31(27)38)33-21-10-9-20-32(33)37(34)28-16-5-1-12-24(28)25-13-2-6-17-29(25)37;14-12(15)10-6-4-9(5-7-10)11-3-1-2-8-13-11/h1-31H;1-23H;1-8,14-15H. The molecule has 6 aliphatic carbocycles. The molecule has 0 amide bonds. The van der Waals surface area contributed by atoms with Crippen molar-refractivity contribution < 1.29 is 10.0 Å². The molecular weight excluding hydrogens is 1280 g/mol. The van der Waals surface area contributed by atoms with Crippen LogP contribution in [0.2, 0.25) is 5.02 Å². The van der Waals surface area contributed by atoms with Crippen LogP contribution in [-0.4, -0.2) is 27.1 Å². The van der Waals surface area contributed by atoms with Gasteiger partial charge in [0, 0.05) is 28.5 Å². The smallest absolute Gasteiger partial charge is 0.423 e. The minimum absolute atomic E-state index is 0.457. The van der Waals surface area contributed by atoms with Crippen molar-refractivity contribution in [3.05, 3.63) is 470 Å². The highest BCUT2D eigenvalue weighted by atomic mass is 35.5. The zero-order valence-electron chi connectivity index (χ0n) is 56.5. The quantitative estimate of drug-likeness (QED) is 0.172. The summed E-state index contributed by atoms with van der Waals surface area (Å²) < 4.78 is 0. The average molecular weight is 1350 g/mol. The van der Waals surface area contributed by atoms with Gasteiger partial charge in [-0.15, -0.1) is 0 Å². The van der Waals surface area contributed by atoms with Crippen molar-refractivity contribution in [2.75, 3.05) is 0 Å². The second-order valence-corrected chi connectivity index (χ2v) is 28.3. The molecule has 16 aromatic rings. The fraction of sp³-hybridized carbons (Fsp3) is 0.0408. The minimum atomic E-state index is -1.41. The molecule has 2 aromatic heterocycles. The number of nitrogens with zero attached hydrogens (tertiary/aromatic N) is 2. The molecule has 6 aliphatic rings. The van der Waals surface area contributed by atoms with Crippen molar-refractivity contribution in [3.63, 3.8) is 0 Å². The van der Waals surface area contributed by atoms with Crippen molar-refractivity contribution in [3.8, 4) is 78.1 Å². The van der Waals surface area contributed by atoms with E-state index in [1.165, 1.54) is 145 Å². The molecule has 488 valence electrons. The monoisotopic (exact) mass is 1350 g/mol. The van der Waals surface area contributed by atoms with Gasteiger partial charge in [0.1, 0.15) is 0 Å². The molecule has 4 nitrogen and oxygen atoms in total. The van der Waals surface area contributed by atoms with Gasteiger partial charge in [0.2, 0.25) is 0 Å². The van der Waals surface area contributed by atoms with Crippen LogP contribution < -0.4 is 5.46 Å². The van der Waals surface area contributed by atoms with E-state index in [0.717, 1.165) is 27.5 Å². The van der Waals surface area contributed by atoms with E-state index >= 15 is 0 Å². The van der Waals surface area contributed by atoms with Crippen molar-refractivity contribution in [2.24, 2.45) is 0 Å². The summed E-state index contributed by atoms with van der Waals surface area (Å²) in [6, 6.07) is 132. The van der Waals surface area contributed by atoms with Crippen LogP contribution in [0.4, 0.5) is 0 Å². The van der Waals surface area contributed by atoms with Crippen LogP contribution >= 0.6 is 11.6 Å². The minimum Gasteiger partial charge on any atom is -0.423 e. The number of halogens is 1. The van der Waals surface area contributed by atoms with Crippen LogP contribution in [0.3, 0.4) is 0 Å². The zero-order valence-corrected chi connectivity index (χ0v) is 57.3. The van der Waals surface area contributed by atoms with Crippen LogP contribution in [0.25, 0.3) is 78.1 Å². The summed E-state index contributed by atoms with van der Waals surface area (Å²) in [5.74, 6) is 0. The largest absolute Gasteiger partial charge is 0.488 e. The Hall–Kier alpha value is -12.3. The van der Waals surface area contributed by atoms with Crippen LogP contribution in [-0.2, 0) is 21.7 Å². The van der Waals surface area contributed by atoms with Gasteiger partial charge in [-0.3, -0.25) is 9.97 Å². The lowest BCUT2D eigenvalue weighted by Crippen LogP contribution is -2.44. The fourth-order valence-electron chi connectivity index (χ4n) is 19.5. The third kappa shape index (κ3) is 8.40. The summed E-state index contributed by atoms with van der Waals surface area (Å²) >= 11 is 7.43. The molecule has 0 aliphatic heterocycles. The molecule has 0 saturated heterocycles. The molecule has 4 spiro atoms. The Labute approximate surface area is 610 Å². The van der Waals surface area contributed by atoms with Gasteiger partial charge >= 0.3 is 7.12 Å². The van der Waals surface area contributed by atoms with Gasteiger partial charge < -0.3 is 10.0 Å². The van der Waals surface area contributed by atoms with Crippen molar-refractivity contribution in [1.82, 2.24) is 9.97 Å². The second kappa shape index (κ2) is 23.9. The van der Waals surface area contributed by atoms with Gasteiger partial charge in [-0.25, -0.2) is 0 Å². The first-order chi connectivity index (χ1) is 51.4. The molecule has 104 heavy (non-hydrogen) atoms. The maximum atomic E-state index is 8.93. The molecule has 2 heterocycles. The average Bonchev–Trinajstić information content (AvgIpc) is 1.40. The predicted molar refractivity (Wildman–Crippen MR) is 422 cm³/mol. The fourth-order valence-corrected chi connectivity index (χ4v) is 19.8. The van der Waals surface area contributed by atoms with Crippen LogP contribution in [0, 0.1) is 0 Å². The number of benzene rings is 14. The number of aromatic nitrogens is 2. The lowest BCUT2D eigenvalue weighted by molar-refractivity contribution is 0.426. The Bertz CT molecular complexity index is 5940. The topological polar surface area (TPSA) is 66.2 Å². The summed E-state index contributed by atoms with van der Waals surface area (Å²) in [6.45, 7) is 0. The maximum absolute atomic E-state index is 8.93. The van der Waals surface area contributed by atoms with Gasteiger partial charge in [0.25, 0.3) is 0 Å². The molecular formula is C98H64BClN2O2. The molecule has 2 N–H and O–H groups in total.